The Kier molecular flexibility index (Phi) is 3.69. The van der Waals surface area contributed by atoms with E-state index >= 15 is 0 Å². The van der Waals surface area contributed by atoms with Gasteiger partial charge in [-0.25, -0.2) is 4.85 Å². The van der Waals surface area contributed by atoms with E-state index in [2.05, 4.69) is 16.4 Å². The molecule has 0 aliphatic carbocycles. The first-order valence-corrected chi connectivity index (χ1v) is 4.46. The van der Waals surface area contributed by atoms with Crippen molar-refractivity contribution in [1.29, 1.82) is 0 Å². The Morgan fingerprint density at radius 3 is 2.93 bits per heavy atom. The van der Waals surface area contributed by atoms with Crippen LogP contribution in [0.5, 0.6) is 5.75 Å². The summed E-state index contributed by atoms with van der Waals surface area (Å²) in [5, 5.41) is 0. The minimum atomic E-state index is 0.380. The predicted octanol–water partition coefficient (Wildman–Crippen LogP) is 2.65. The Morgan fingerprint density at radius 2 is 2.40 bits per heavy atom. The molecular weight excluding hydrogens is 192 g/mol. The van der Waals surface area contributed by atoms with Gasteiger partial charge in [-0.2, -0.15) is 0 Å². The molecule has 1 rings (SSSR count). The fraction of sp³-hybridized carbons (Fsp3) is 0.273. The van der Waals surface area contributed by atoms with Crippen LogP contribution in [0.15, 0.2) is 18.8 Å². The van der Waals surface area contributed by atoms with Crippen molar-refractivity contribution in [1.82, 2.24) is 4.98 Å². The summed E-state index contributed by atoms with van der Waals surface area (Å²) in [6.45, 7) is 13.0. The van der Waals surface area contributed by atoms with Gasteiger partial charge in [0.2, 0.25) is 5.69 Å². The first-order valence-electron chi connectivity index (χ1n) is 4.46. The smallest absolute Gasteiger partial charge is 0.245 e. The van der Waals surface area contributed by atoms with Gasteiger partial charge in [0.05, 0.1) is 20.3 Å². The van der Waals surface area contributed by atoms with Gasteiger partial charge in [0.25, 0.3) is 0 Å². The maximum Gasteiger partial charge on any atom is 0.245 e. The number of ether oxygens (including phenoxy) is 2. The van der Waals surface area contributed by atoms with Crippen molar-refractivity contribution < 1.29 is 9.47 Å². The fourth-order valence-corrected chi connectivity index (χ4v) is 1.08. The zero-order valence-electron chi connectivity index (χ0n) is 8.78. The average Bonchev–Trinajstić information content (AvgIpc) is 2.28. The summed E-state index contributed by atoms with van der Waals surface area (Å²) in [6.07, 6.45) is 1.45. The second-order valence-electron chi connectivity index (χ2n) is 2.71. The Bertz CT molecular complexity index is 408. The van der Waals surface area contributed by atoms with Crippen LogP contribution >= 0.6 is 0 Å². The van der Waals surface area contributed by atoms with Crippen LogP contribution in [0.2, 0.25) is 0 Å². The summed E-state index contributed by atoms with van der Waals surface area (Å²) in [5.41, 5.74) is 0.964. The highest BCUT2D eigenvalue weighted by molar-refractivity contribution is 5.63. The Balaban J connectivity index is 3.04. The second kappa shape index (κ2) is 5.01. The summed E-state index contributed by atoms with van der Waals surface area (Å²) in [4.78, 5) is 7.34. The van der Waals surface area contributed by atoms with E-state index < -0.39 is 0 Å². The third-order valence-corrected chi connectivity index (χ3v) is 1.79. The lowest BCUT2D eigenvalue weighted by Gasteiger charge is -2.08. The van der Waals surface area contributed by atoms with Crippen molar-refractivity contribution in [2.75, 3.05) is 13.7 Å². The molecule has 0 saturated heterocycles. The molecule has 0 atom stereocenters. The molecule has 0 aliphatic heterocycles. The van der Waals surface area contributed by atoms with Gasteiger partial charge in [0.1, 0.15) is 17.2 Å². The lowest BCUT2D eigenvalue weighted by molar-refractivity contribution is 0.297. The molecular formula is C11H12N2O2. The van der Waals surface area contributed by atoms with Crippen LogP contribution < -0.4 is 4.74 Å². The Labute approximate surface area is 89.0 Å². The molecule has 1 heterocycles. The van der Waals surface area contributed by atoms with Crippen molar-refractivity contribution in [2.45, 2.75) is 6.92 Å². The number of nitrogens with zero attached hydrogens (tertiary/aromatic N) is 2. The molecule has 0 aliphatic rings. The first kappa shape index (κ1) is 11.1. The van der Waals surface area contributed by atoms with Crippen molar-refractivity contribution in [2.24, 2.45) is 0 Å². The number of rotatable bonds is 4. The molecule has 0 saturated carbocycles. The van der Waals surface area contributed by atoms with Gasteiger partial charge in [-0.3, -0.25) is 4.98 Å². The van der Waals surface area contributed by atoms with Crippen LogP contribution in [0.3, 0.4) is 0 Å². The monoisotopic (exact) mass is 204 g/mol. The lowest BCUT2D eigenvalue weighted by atomic mass is 10.3. The van der Waals surface area contributed by atoms with Crippen LogP contribution in [0.25, 0.3) is 10.6 Å². The highest BCUT2D eigenvalue weighted by Crippen LogP contribution is 2.28. The molecule has 78 valence electrons. The maximum atomic E-state index is 6.90. The quantitative estimate of drug-likeness (QED) is 0.558. The largest absolute Gasteiger partial charge is 0.508 e. The Hall–Kier alpha value is -2.02. The van der Waals surface area contributed by atoms with Gasteiger partial charge in [-0.1, -0.05) is 6.58 Å². The molecule has 0 aromatic carbocycles. The van der Waals surface area contributed by atoms with E-state index in [0.29, 0.717) is 29.5 Å². The van der Waals surface area contributed by atoms with Gasteiger partial charge in [0.15, 0.2) is 0 Å². The molecule has 1 aromatic rings. The Morgan fingerprint density at radius 1 is 1.67 bits per heavy atom. The molecule has 4 heteroatoms. The number of hydrogen-bond donors (Lipinski definition) is 0. The molecule has 0 radical (unpaired) electrons. The first-order chi connectivity index (χ1) is 7.22. The molecule has 0 amide bonds. The van der Waals surface area contributed by atoms with E-state index in [0.717, 1.165) is 0 Å². The summed E-state index contributed by atoms with van der Waals surface area (Å²) in [7, 11) is 1.51. The third kappa shape index (κ3) is 2.47. The normalized spacial score (nSPS) is 9.13. The molecule has 0 bridgehead atoms. The van der Waals surface area contributed by atoms with Crippen LogP contribution in [-0.4, -0.2) is 18.7 Å². The zero-order chi connectivity index (χ0) is 11.3. The second-order valence-corrected chi connectivity index (χ2v) is 2.71. The van der Waals surface area contributed by atoms with Crippen molar-refractivity contribution in [3.63, 3.8) is 0 Å². The van der Waals surface area contributed by atoms with E-state index in [-0.39, 0.29) is 0 Å². The number of pyridine rings is 1. The number of methoxy groups -OCH3 is 1. The van der Waals surface area contributed by atoms with Crippen molar-refractivity contribution >= 4 is 11.4 Å². The van der Waals surface area contributed by atoms with E-state index in [1.54, 1.807) is 6.07 Å². The zero-order valence-corrected chi connectivity index (χ0v) is 8.78. The van der Waals surface area contributed by atoms with Gasteiger partial charge in [-0.05, 0) is 13.0 Å². The maximum absolute atomic E-state index is 6.90. The molecule has 4 nitrogen and oxygen atoms in total. The summed E-state index contributed by atoms with van der Waals surface area (Å²) >= 11 is 0. The summed E-state index contributed by atoms with van der Waals surface area (Å²) < 4.78 is 10.3. The molecule has 0 fully saturated rings. The van der Waals surface area contributed by atoms with Crippen LogP contribution in [0, 0.1) is 6.57 Å². The summed E-state index contributed by atoms with van der Waals surface area (Å²) in [5.74, 6) is 0.961. The topological polar surface area (TPSA) is 35.7 Å². The lowest BCUT2D eigenvalue weighted by Crippen LogP contribution is -1.94. The van der Waals surface area contributed by atoms with E-state index in [1.807, 2.05) is 6.92 Å². The van der Waals surface area contributed by atoms with E-state index in [4.69, 9.17) is 16.0 Å². The van der Waals surface area contributed by atoms with E-state index in [9.17, 15) is 0 Å². The molecule has 0 unspecified atom stereocenters. The molecule has 15 heavy (non-hydrogen) atoms. The highest BCUT2D eigenvalue weighted by atomic mass is 16.5. The average molecular weight is 204 g/mol. The SMILES string of the molecule is [C-]#[N+]c1cnc(C(=C)OCC)cc1OC. The fourth-order valence-electron chi connectivity index (χ4n) is 1.08. The van der Waals surface area contributed by atoms with Gasteiger partial charge >= 0.3 is 0 Å². The van der Waals surface area contributed by atoms with Crippen LogP contribution in [0.4, 0.5) is 5.69 Å². The van der Waals surface area contributed by atoms with Crippen molar-refractivity contribution in [3.05, 3.63) is 36.0 Å². The minimum Gasteiger partial charge on any atom is -0.508 e. The molecule has 0 spiro atoms. The van der Waals surface area contributed by atoms with E-state index in [1.165, 1.54) is 13.3 Å². The van der Waals surface area contributed by atoms with Crippen molar-refractivity contribution in [3.8, 4) is 5.75 Å². The van der Waals surface area contributed by atoms with Gasteiger partial charge in [0, 0.05) is 6.20 Å². The minimum absolute atomic E-state index is 0.380. The van der Waals surface area contributed by atoms with Gasteiger partial charge < -0.3 is 9.47 Å². The molecule has 0 N–H and O–H groups in total. The highest BCUT2D eigenvalue weighted by Gasteiger charge is 2.07. The molecule has 1 aromatic heterocycles. The van der Waals surface area contributed by atoms with Gasteiger partial charge in [-0.15, -0.1) is 0 Å². The number of aromatic nitrogens is 1. The standard InChI is InChI=1S/C11H12N2O2/c1-5-15-8(2)9-6-11(14-4)10(12-3)7-13-9/h6-7H,2,5H2,1,4H3. The summed E-state index contributed by atoms with van der Waals surface area (Å²) in [6, 6.07) is 1.64. The third-order valence-electron chi connectivity index (χ3n) is 1.79. The van der Waals surface area contributed by atoms with Crippen LogP contribution in [-0.2, 0) is 4.74 Å². The number of hydrogen-bond acceptors (Lipinski definition) is 3. The van der Waals surface area contributed by atoms with Crippen LogP contribution in [0.1, 0.15) is 12.6 Å². The predicted molar refractivity (Wildman–Crippen MR) is 57.7 cm³/mol.